The number of thiophene rings is 1. The molecule has 1 saturated carbocycles. The average Bonchev–Trinajstić information content (AvgIpc) is 3.21. The summed E-state index contributed by atoms with van der Waals surface area (Å²) < 4.78 is 1.70. The Morgan fingerprint density at radius 1 is 1.27 bits per heavy atom. The summed E-state index contributed by atoms with van der Waals surface area (Å²) in [4.78, 5) is 28.4. The van der Waals surface area contributed by atoms with Crippen molar-refractivity contribution < 1.29 is 4.79 Å². The van der Waals surface area contributed by atoms with Crippen molar-refractivity contribution in [1.82, 2.24) is 25.4 Å². The monoisotopic (exact) mass is 461 g/mol. The first-order chi connectivity index (χ1) is 15.9. The minimum atomic E-state index is -0.222. The molecule has 1 aromatic carbocycles. The number of carbonyl (C=O) groups is 1. The van der Waals surface area contributed by atoms with Gasteiger partial charge in [-0.15, -0.1) is 11.3 Å². The van der Waals surface area contributed by atoms with E-state index in [0.717, 1.165) is 24.3 Å². The van der Waals surface area contributed by atoms with Gasteiger partial charge in [0.15, 0.2) is 0 Å². The smallest absolute Gasteiger partial charge is 0.262 e. The first-order valence-corrected chi connectivity index (χ1v) is 12.0. The first-order valence-electron chi connectivity index (χ1n) is 11.1. The zero-order valence-corrected chi connectivity index (χ0v) is 19.8. The van der Waals surface area contributed by atoms with Crippen molar-refractivity contribution in [1.29, 1.82) is 0 Å². The summed E-state index contributed by atoms with van der Waals surface area (Å²) in [7, 11) is 1.94. The lowest BCUT2D eigenvalue weighted by molar-refractivity contribution is 0.0941. The van der Waals surface area contributed by atoms with Crippen LogP contribution in [-0.2, 0) is 12.1 Å². The molecule has 0 aliphatic heterocycles. The molecule has 5 rings (SSSR count). The number of amides is 1. The van der Waals surface area contributed by atoms with Crippen molar-refractivity contribution in [3.05, 3.63) is 75.1 Å². The van der Waals surface area contributed by atoms with Gasteiger partial charge in [-0.05, 0) is 57.0 Å². The number of aromatic amines is 1. The van der Waals surface area contributed by atoms with Crippen LogP contribution >= 0.6 is 11.3 Å². The molecule has 4 aromatic rings. The Labute approximate surface area is 195 Å². The summed E-state index contributed by atoms with van der Waals surface area (Å²) in [6.45, 7) is 4.82. The van der Waals surface area contributed by atoms with Gasteiger partial charge in [-0.2, -0.15) is 5.10 Å². The van der Waals surface area contributed by atoms with E-state index < -0.39 is 0 Å². The standard InChI is InChI=1S/C25H27N5O2S/c1-15(20-8-9-21(33-20)17-7-5-4-6-16(17)12-26-3)28-23(31)19-14-30(25(2)10-11-25)24(32)18-13-27-29-22(18)19/h4-9,13-15,26H,10-12H2,1-3H3,(H,27,29)(H,28,31). The Morgan fingerprint density at radius 3 is 2.82 bits per heavy atom. The largest absolute Gasteiger partial charge is 0.345 e. The van der Waals surface area contributed by atoms with Gasteiger partial charge >= 0.3 is 0 Å². The van der Waals surface area contributed by atoms with E-state index in [1.54, 1.807) is 22.1 Å². The van der Waals surface area contributed by atoms with E-state index in [4.69, 9.17) is 0 Å². The van der Waals surface area contributed by atoms with E-state index >= 15 is 0 Å². The van der Waals surface area contributed by atoms with Gasteiger partial charge in [0.1, 0.15) is 0 Å². The number of pyridine rings is 1. The van der Waals surface area contributed by atoms with Crippen molar-refractivity contribution in [3.8, 4) is 10.4 Å². The second kappa shape index (κ2) is 8.28. The highest BCUT2D eigenvalue weighted by Gasteiger charge is 2.41. The molecule has 1 atom stereocenters. The Morgan fingerprint density at radius 2 is 2.06 bits per heavy atom. The quantitative estimate of drug-likeness (QED) is 0.385. The molecular formula is C25H27N5O2S. The third-order valence-corrected chi connectivity index (χ3v) is 7.77. The van der Waals surface area contributed by atoms with Crippen LogP contribution in [0, 0.1) is 0 Å². The lowest BCUT2D eigenvalue weighted by Gasteiger charge is -2.17. The number of hydrogen-bond acceptors (Lipinski definition) is 5. The highest BCUT2D eigenvalue weighted by atomic mass is 32.1. The SMILES string of the molecule is CNCc1ccccc1-c1ccc(C(C)NC(=O)c2cn(C3(C)CC3)c(=O)c3cn[nH]c23)s1. The Bertz CT molecular complexity index is 1400. The number of benzene rings is 1. The van der Waals surface area contributed by atoms with E-state index in [2.05, 4.69) is 45.1 Å². The molecule has 1 fully saturated rings. The van der Waals surface area contributed by atoms with Gasteiger partial charge in [0.25, 0.3) is 11.5 Å². The number of hydrogen-bond donors (Lipinski definition) is 3. The topological polar surface area (TPSA) is 91.8 Å². The molecule has 8 heteroatoms. The van der Waals surface area contributed by atoms with Gasteiger partial charge in [0, 0.05) is 28.0 Å². The molecule has 1 aliphatic carbocycles. The third-order valence-electron chi connectivity index (χ3n) is 6.47. The number of H-pyrrole nitrogens is 1. The van der Waals surface area contributed by atoms with Gasteiger partial charge in [-0.25, -0.2) is 0 Å². The summed E-state index contributed by atoms with van der Waals surface area (Å²) in [5.41, 5.74) is 3.04. The molecule has 0 bridgehead atoms. The zero-order valence-electron chi connectivity index (χ0n) is 18.9. The molecule has 0 spiro atoms. The lowest BCUT2D eigenvalue weighted by Crippen LogP contribution is -2.32. The fourth-order valence-electron chi connectivity index (χ4n) is 4.21. The molecule has 170 valence electrons. The minimum absolute atomic E-state index is 0.105. The van der Waals surface area contributed by atoms with E-state index in [0.29, 0.717) is 16.5 Å². The van der Waals surface area contributed by atoms with Crippen LogP contribution in [0.1, 0.15) is 53.5 Å². The van der Waals surface area contributed by atoms with E-state index in [1.807, 2.05) is 33.0 Å². The van der Waals surface area contributed by atoms with Crippen LogP contribution in [-0.4, -0.2) is 27.7 Å². The number of nitrogens with one attached hydrogen (secondary N) is 3. The molecule has 0 radical (unpaired) electrons. The van der Waals surface area contributed by atoms with Crippen molar-refractivity contribution in [2.75, 3.05) is 7.05 Å². The summed E-state index contributed by atoms with van der Waals surface area (Å²) >= 11 is 1.68. The van der Waals surface area contributed by atoms with Gasteiger partial charge in [0.2, 0.25) is 0 Å². The number of fused-ring (bicyclic) bond motifs is 1. The summed E-state index contributed by atoms with van der Waals surface area (Å²) in [5, 5.41) is 13.6. The molecule has 3 N–H and O–H groups in total. The lowest BCUT2D eigenvalue weighted by atomic mass is 10.1. The van der Waals surface area contributed by atoms with Gasteiger partial charge in [-0.3, -0.25) is 14.7 Å². The highest BCUT2D eigenvalue weighted by Crippen LogP contribution is 2.42. The molecular weight excluding hydrogens is 434 g/mol. The predicted molar refractivity (Wildman–Crippen MR) is 132 cm³/mol. The molecule has 1 aliphatic rings. The van der Waals surface area contributed by atoms with Crippen LogP contribution in [0.15, 0.2) is 53.6 Å². The number of nitrogens with zero attached hydrogens (tertiary/aromatic N) is 2. The van der Waals surface area contributed by atoms with Gasteiger partial charge < -0.3 is 15.2 Å². The van der Waals surface area contributed by atoms with E-state index in [9.17, 15) is 9.59 Å². The summed E-state index contributed by atoms with van der Waals surface area (Å²) in [6.07, 6.45) is 5.06. The molecule has 3 heterocycles. The molecule has 1 amide bonds. The Hall–Kier alpha value is -3.23. The van der Waals surface area contributed by atoms with Crippen LogP contribution in [0.4, 0.5) is 0 Å². The van der Waals surface area contributed by atoms with Crippen LogP contribution in [0.2, 0.25) is 0 Å². The summed E-state index contributed by atoms with van der Waals surface area (Å²) in [6, 6.07) is 12.3. The van der Waals surface area contributed by atoms with Crippen LogP contribution in [0.25, 0.3) is 21.3 Å². The van der Waals surface area contributed by atoms with Gasteiger partial charge in [-0.1, -0.05) is 24.3 Å². The van der Waals surface area contributed by atoms with Crippen molar-refractivity contribution >= 4 is 28.1 Å². The predicted octanol–water partition coefficient (Wildman–Crippen LogP) is 4.17. The van der Waals surface area contributed by atoms with Crippen LogP contribution < -0.4 is 16.2 Å². The zero-order chi connectivity index (χ0) is 23.2. The second-order valence-electron chi connectivity index (χ2n) is 8.96. The maximum absolute atomic E-state index is 13.3. The average molecular weight is 462 g/mol. The van der Waals surface area contributed by atoms with E-state index in [1.165, 1.54) is 22.2 Å². The first kappa shape index (κ1) is 21.6. The molecule has 33 heavy (non-hydrogen) atoms. The molecule has 1 unspecified atom stereocenters. The fourth-order valence-corrected chi connectivity index (χ4v) is 5.28. The molecule has 3 aromatic heterocycles. The molecule has 7 nitrogen and oxygen atoms in total. The number of rotatable bonds is 7. The highest BCUT2D eigenvalue weighted by molar-refractivity contribution is 7.15. The van der Waals surface area contributed by atoms with Crippen molar-refractivity contribution in [2.24, 2.45) is 0 Å². The Balaban J connectivity index is 1.42. The molecule has 0 saturated heterocycles. The van der Waals surface area contributed by atoms with Crippen molar-refractivity contribution in [3.63, 3.8) is 0 Å². The number of carbonyl (C=O) groups excluding carboxylic acids is 1. The second-order valence-corrected chi connectivity index (χ2v) is 10.1. The normalized spacial score (nSPS) is 15.5. The number of aromatic nitrogens is 3. The minimum Gasteiger partial charge on any atom is -0.345 e. The summed E-state index contributed by atoms with van der Waals surface area (Å²) in [5.74, 6) is -0.222. The maximum Gasteiger partial charge on any atom is 0.262 e. The Kier molecular flexibility index (Phi) is 5.42. The van der Waals surface area contributed by atoms with Crippen LogP contribution in [0.3, 0.4) is 0 Å². The van der Waals surface area contributed by atoms with E-state index in [-0.39, 0.29) is 23.0 Å². The van der Waals surface area contributed by atoms with Crippen molar-refractivity contribution in [2.45, 2.75) is 44.8 Å². The maximum atomic E-state index is 13.3. The van der Waals surface area contributed by atoms with Crippen LogP contribution in [0.5, 0.6) is 0 Å². The fraction of sp³-hybridized carbons (Fsp3) is 0.320. The van der Waals surface area contributed by atoms with Gasteiger partial charge in [0.05, 0.1) is 28.7 Å². The third kappa shape index (κ3) is 3.89.